The standard InChI is InChI=1S/C51H57ClN9O3P/c1-64-48-30-40(19-20-45(48)56-51-54-32-44(52)50(57-51)55-46-11-4-5-12-49(46)65(2,3)63)59-24-21-39(22-25-59)60-28-26-58(27-29-60)33-37-15-13-36(14-16-37)17-18-38-8-6-10-42-43(38)34-61(47(42)35-62)41-9-7-23-53-31-41/h4-6,8,10-16,19-20,30,32,39,41,53H,7,9,21-29,31,33-34H2,1-3H3,(H2,54,55,56,57). The number of aromatic nitrogens is 2. The van der Waals surface area contributed by atoms with E-state index in [9.17, 15) is 9.36 Å². The van der Waals surface area contributed by atoms with Crippen LogP contribution in [-0.4, -0.2) is 115 Å². The number of piperidine rings is 2. The van der Waals surface area contributed by atoms with Crippen molar-refractivity contribution in [1.29, 1.82) is 0 Å². The topological polar surface area (TPSA) is 118 Å². The molecule has 5 aromatic rings. The van der Waals surface area contributed by atoms with E-state index in [2.05, 4.69) is 106 Å². The Labute approximate surface area is 387 Å². The minimum Gasteiger partial charge on any atom is -0.494 e. The molecule has 0 radical (unpaired) electrons. The first-order valence-electron chi connectivity index (χ1n) is 22.7. The summed E-state index contributed by atoms with van der Waals surface area (Å²) in [5.41, 5.74) is 8.62. The Balaban J connectivity index is 0.748. The van der Waals surface area contributed by atoms with Crippen LogP contribution in [0.4, 0.5) is 28.8 Å². The van der Waals surface area contributed by atoms with Gasteiger partial charge in [0, 0.05) is 105 Å². The van der Waals surface area contributed by atoms with Crippen molar-refractivity contribution in [2.45, 2.75) is 50.9 Å². The van der Waals surface area contributed by atoms with E-state index in [-0.39, 0.29) is 0 Å². The zero-order valence-electron chi connectivity index (χ0n) is 37.4. The number of methoxy groups -OCH3 is 1. The molecule has 1 aromatic heterocycles. The minimum absolute atomic E-state index is 0.309. The molecule has 3 N–H and O–H groups in total. The maximum Gasteiger partial charge on any atom is 0.229 e. The van der Waals surface area contributed by atoms with E-state index in [4.69, 9.17) is 16.3 Å². The van der Waals surface area contributed by atoms with Gasteiger partial charge in [0.25, 0.3) is 0 Å². The third-order valence-corrected chi connectivity index (χ3v) is 15.0. The molecule has 3 saturated heterocycles. The lowest BCUT2D eigenvalue weighted by molar-refractivity contribution is 0.0812. The summed E-state index contributed by atoms with van der Waals surface area (Å²) in [6.07, 6.45) is 5.98. The van der Waals surface area contributed by atoms with Gasteiger partial charge in [0.1, 0.15) is 23.6 Å². The Morgan fingerprint density at radius 3 is 2.42 bits per heavy atom. The highest BCUT2D eigenvalue weighted by atomic mass is 35.5. The predicted octanol–water partition coefficient (Wildman–Crippen LogP) is 7.80. The minimum atomic E-state index is -2.54. The van der Waals surface area contributed by atoms with E-state index in [0.29, 0.717) is 52.6 Å². The first-order chi connectivity index (χ1) is 31.6. The normalized spacial score (nSPS) is 18.4. The number of rotatable bonds is 11. The van der Waals surface area contributed by atoms with Gasteiger partial charge in [-0.1, -0.05) is 59.8 Å². The lowest BCUT2D eigenvalue weighted by Crippen LogP contribution is -2.53. The summed E-state index contributed by atoms with van der Waals surface area (Å²) in [5.74, 6) is 10.5. The lowest BCUT2D eigenvalue weighted by atomic mass is 10.0. The molecule has 3 fully saturated rings. The molecule has 4 aliphatic heterocycles. The van der Waals surface area contributed by atoms with Crippen molar-refractivity contribution in [2.24, 2.45) is 0 Å². The van der Waals surface area contributed by atoms with E-state index in [1.807, 2.05) is 42.5 Å². The van der Waals surface area contributed by atoms with Crippen LogP contribution in [0.3, 0.4) is 0 Å². The molecule has 0 amide bonds. The number of para-hydroxylation sites is 1. The van der Waals surface area contributed by atoms with E-state index in [1.54, 1.807) is 26.6 Å². The highest BCUT2D eigenvalue weighted by Crippen LogP contribution is 2.40. The number of benzene rings is 4. The summed E-state index contributed by atoms with van der Waals surface area (Å²) in [4.78, 5) is 31.1. The van der Waals surface area contributed by atoms with Crippen LogP contribution >= 0.6 is 18.7 Å². The highest BCUT2D eigenvalue weighted by Gasteiger charge is 2.33. The van der Waals surface area contributed by atoms with Crippen molar-refractivity contribution in [3.8, 4) is 17.6 Å². The van der Waals surface area contributed by atoms with Crippen molar-refractivity contribution >= 4 is 64.5 Å². The number of fused-ring (bicyclic) bond motifs is 1. The second-order valence-electron chi connectivity index (χ2n) is 17.8. The molecule has 1 atom stereocenters. The maximum absolute atomic E-state index is 12.9. The Kier molecular flexibility index (Phi) is 13.6. The third kappa shape index (κ3) is 10.3. The summed E-state index contributed by atoms with van der Waals surface area (Å²) >= 11 is 6.50. The summed E-state index contributed by atoms with van der Waals surface area (Å²) in [5, 5.41) is 11.1. The summed E-state index contributed by atoms with van der Waals surface area (Å²) < 4.78 is 18.8. The van der Waals surface area contributed by atoms with Crippen LogP contribution in [-0.2, 0) is 22.4 Å². The summed E-state index contributed by atoms with van der Waals surface area (Å²) in [6.45, 7) is 13.3. The van der Waals surface area contributed by atoms with Gasteiger partial charge in [-0.15, -0.1) is 0 Å². The van der Waals surface area contributed by atoms with Crippen LogP contribution in [0.5, 0.6) is 5.75 Å². The number of hydrogen-bond acceptors (Lipinski definition) is 12. The molecule has 4 aromatic carbocycles. The molecule has 9 rings (SSSR count). The van der Waals surface area contributed by atoms with E-state index >= 15 is 0 Å². The molecule has 336 valence electrons. The summed E-state index contributed by atoms with van der Waals surface area (Å²) in [7, 11) is -0.870. The van der Waals surface area contributed by atoms with Crippen LogP contribution in [0.15, 0.2) is 91.1 Å². The fraction of sp³-hybridized carbons (Fsp3) is 0.373. The maximum atomic E-state index is 12.9. The number of halogens is 1. The molecule has 12 nitrogen and oxygen atoms in total. The molecule has 4 aliphatic rings. The zero-order valence-corrected chi connectivity index (χ0v) is 39.1. The lowest BCUT2D eigenvalue weighted by Gasteiger charge is -2.43. The number of hydrogen-bond donors (Lipinski definition) is 3. The predicted molar refractivity (Wildman–Crippen MR) is 264 cm³/mol. The van der Waals surface area contributed by atoms with Gasteiger partial charge in [0.15, 0.2) is 11.8 Å². The van der Waals surface area contributed by atoms with Crippen LogP contribution in [0.25, 0.3) is 5.70 Å². The van der Waals surface area contributed by atoms with Gasteiger partial charge >= 0.3 is 0 Å². The smallest absolute Gasteiger partial charge is 0.229 e. The fourth-order valence-electron chi connectivity index (χ4n) is 9.68. The van der Waals surface area contributed by atoms with Gasteiger partial charge in [-0.3, -0.25) is 9.80 Å². The van der Waals surface area contributed by atoms with Gasteiger partial charge in [0.2, 0.25) is 5.95 Å². The molecule has 1 unspecified atom stereocenters. The van der Waals surface area contributed by atoms with E-state index in [0.717, 1.165) is 124 Å². The first kappa shape index (κ1) is 44.6. The average molecular weight is 911 g/mol. The van der Waals surface area contributed by atoms with Gasteiger partial charge in [-0.2, -0.15) is 4.98 Å². The molecule has 5 heterocycles. The second kappa shape index (κ2) is 19.9. The van der Waals surface area contributed by atoms with Crippen molar-refractivity contribution in [3.05, 3.63) is 124 Å². The summed E-state index contributed by atoms with van der Waals surface area (Å²) in [6, 6.07) is 29.4. The molecule has 0 aliphatic carbocycles. The fourth-order valence-corrected chi connectivity index (χ4v) is 11.0. The number of piperazine rings is 1. The quantitative estimate of drug-likeness (QED) is 0.0683. The van der Waals surface area contributed by atoms with E-state index in [1.165, 1.54) is 5.56 Å². The average Bonchev–Trinajstić information content (AvgIpc) is 3.72. The number of anilines is 5. The number of ether oxygens (including phenoxy) is 1. The molecular formula is C51H57ClN9O3P. The molecular weight excluding hydrogens is 853 g/mol. The third-order valence-electron chi connectivity index (χ3n) is 13.2. The Morgan fingerprint density at radius 2 is 1.68 bits per heavy atom. The number of nitrogens with one attached hydrogen (secondary N) is 3. The van der Waals surface area contributed by atoms with Gasteiger partial charge in [-0.25, -0.2) is 9.78 Å². The SMILES string of the molecule is COc1cc(N2CCC(N3CCN(Cc4ccc(C#Cc5cccc6c5CN(C5CCCNC5)C6=C=O)cc4)CC3)CC2)ccc1Nc1ncc(Cl)c(Nc2ccccc2P(C)(C)=O)n1. The van der Waals surface area contributed by atoms with Crippen molar-refractivity contribution in [1.82, 2.24) is 30.0 Å². The van der Waals surface area contributed by atoms with Gasteiger partial charge in [0.05, 0.1) is 24.7 Å². The van der Waals surface area contributed by atoms with Gasteiger partial charge < -0.3 is 35.1 Å². The molecule has 65 heavy (non-hydrogen) atoms. The molecule has 0 bridgehead atoms. The number of nitrogens with zero attached hydrogens (tertiary/aromatic N) is 6. The largest absolute Gasteiger partial charge is 0.494 e. The Morgan fingerprint density at radius 1 is 0.877 bits per heavy atom. The van der Waals surface area contributed by atoms with Crippen LogP contribution < -0.4 is 30.9 Å². The Bertz CT molecular complexity index is 2670. The van der Waals surface area contributed by atoms with Crippen molar-refractivity contribution in [2.75, 3.05) is 88.3 Å². The molecule has 0 saturated carbocycles. The first-order valence-corrected chi connectivity index (χ1v) is 25.7. The van der Waals surface area contributed by atoms with Crippen molar-refractivity contribution in [3.63, 3.8) is 0 Å². The van der Waals surface area contributed by atoms with Crippen molar-refractivity contribution < 1.29 is 14.1 Å². The Hall–Kier alpha value is -5.63. The van der Waals surface area contributed by atoms with Crippen LogP contribution in [0.1, 0.15) is 53.5 Å². The molecule has 0 spiro atoms. The zero-order chi connectivity index (χ0) is 44.9. The van der Waals surface area contributed by atoms with Crippen LogP contribution in [0, 0.1) is 11.8 Å². The highest BCUT2D eigenvalue weighted by molar-refractivity contribution is 7.70. The molecule has 14 heteroatoms. The van der Waals surface area contributed by atoms with E-state index < -0.39 is 7.14 Å². The monoisotopic (exact) mass is 909 g/mol. The number of carbonyl (C=O) groups excluding carboxylic acids is 1. The van der Waals surface area contributed by atoms with Gasteiger partial charge in [-0.05, 0) is 99.1 Å². The second-order valence-corrected chi connectivity index (χ2v) is 21.4. The van der Waals surface area contributed by atoms with Crippen LogP contribution in [0.2, 0.25) is 5.02 Å².